The Labute approximate surface area is 158 Å². The van der Waals surface area contributed by atoms with E-state index in [1.165, 1.54) is 6.07 Å². The predicted octanol–water partition coefficient (Wildman–Crippen LogP) is 3.58. The van der Waals surface area contributed by atoms with Gasteiger partial charge in [0.25, 0.3) is 0 Å². The monoisotopic (exact) mass is 363 g/mol. The van der Waals surface area contributed by atoms with E-state index in [4.69, 9.17) is 6.42 Å². The third-order valence-electron chi connectivity index (χ3n) is 5.96. The number of carbonyl (C=O) groups is 1. The standard InChI is InChI=1S/C23H22FNO2/c1-2-20-22(21(14-26)25(20)23(27)17-6-5-7-17)16-12-10-15(11-13-16)18-8-3-4-9-19(18)24/h1,3-4,8-13,17,20-22,26H,5-7,14H2/t20-,21+,22+/m1/s1. The first kappa shape index (κ1) is 17.8. The Balaban J connectivity index is 1.58. The molecule has 2 aromatic rings. The predicted molar refractivity (Wildman–Crippen MR) is 102 cm³/mol. The minimum Gasteiger partial charge on any atom is -0.394 e. The number of hydrogen-bond acceptors (Lipinski definition) is 2. The van der Waals surface area contributed by atoms with Crippen molar-refractivity contribution in [1.29, 1.82) is 0 Å². The number of benzene rings is 2. The van der Waals surface area contributed by atoms with Crippen molar-refractivity contribution in [2.75, 3.05) is 6.61 Å². The van der Waals surface area contributed by atoms with Gasteiger partial charge in [0.2, 0.25) is 5.91 Å². The molecule has 1 amide bonds. The van der Waals surface area contributed by atoms with Gasteiger partial charge in [-0.2, -0.15) is 0 Å². The minimum absolute atomic E-state index is 0.0549. The Kier molecular flexibility index (Phi) is 4.72. The summed E-state index contributed by atoms with van der Waals surface area (Å²) in [4.78, 5) is 14.4. The van der Waals surface area contributed by atoms with Crippen molar-refractivity contribution in [2.24, 2.45) is 5.92 Å². The van der Waals surface area contributed by atoms with Gasteiger partial charge in [-0.1, -0.05) is 54.8 Å². The Bertz CT molecular complexity index is 882. The maximum absolute atomic E-state index is 14.0. The molecule has 1 aliphatic carbocycles. The van der Waals surface area contributed by atoms with Crippen LogP contribution in [0.1, 0.15) is 30.7 Å². The summed E-state index contributed by atoms with van der Waals surface area (Å²) in [5.41, 5.74) is 2.30. The summed E-state index contributed by atoms with van der Waals surface area (Å²) in [6.45, 7) is -0.115. The first-order valence-electron chi connectivity index (χ1n) is 9.39. The third kappa shape index (κ3) is 2.93. The number of carbonyl (C=O) groups excluding carboxylic acids is 1. The molecule has 27 heavy (non-hydrogen) atoms. The molecule has 0 radical (unpaired) electrons. The third-order valence-corrected chi connectivity index (χ3v) is 5.96. The average molecular weight is 363 g/mol. The van der Waals surface area contributed by atoms with E-state index < -0.39 is 0 Å². The maximum atomic E-state index is 14.0. The molecule has 1 aliphatic heterocycles. The molecule has 2 fully saturated rings. The van der Waals surface area contributed by atoms with Crippen LogP contribution in [-0.4, -0.2) is 34.6 Å². The average Bonchev–Trinajstić information content (AvgIpc) is 2.61. The summed E-state index contributed by atoms with van der Waals surface area (Å²) < 4.78 is 14.0. The van der Waals surface area contributed by atoms with Crippen molar-refractivity contribution in [3.8, 4) is 23.5 Å². The number of amides is 1. The lowest BCUT2D eigenvalue weighted by Gasteiger charge is -2.54. The molecule has 0 spiro atoms. The van der Waals surface area contributed by atoms with Crippen molar-refractivity contribution < 1.29 is 14.3 Å². The number of halogens is 1. The molecule has 3 atom stereocenters. The number of aliphatic hydroxyl groups is 1. The van der Waals surface area contributed by atoms with E-state index >= 15 is 0 Å². The van der Waals surface area contributed by atoms with E-state index in [1.54, 1.807) is 23.1 Å². The fraction of sp³-hybridized carbons (Fsp3) is 0.348. The molecule has 1 saturated carbocycles. The highest BCUT2D eigenvalue weighted by Gasteiger charge is 2.52. The van der Waals surface area contributed by atoms with Crippen molar-refractivity contribution in [1.82, 2.24) is 4.90 Å². The molecule has 3 nitrogen and oxygen atoms in total. The van der Waals surface area contributed by atoms with Crippen LogP contribution in [0.5, 0.6) is 0 Å². The zero-order chi connectivity index (χ0) is 19.0. The van der Waals surface area contributed by atoms with Gasteiger partial charge in [-0.15, -0.1) is 6.42 Å². The lowest BCUT2D eigenvalue weighted by atomic mass is 9.73. The molecule has 4 heteroatoms. The van der Waals surface area contributed by atoms with Crippen LogP contribution in [0.25, 0.3) is 11.1 Å². The van der Waals surface area contributed by atoms with Gasteiger partial charge in [0.15, 0.2) is 0 Å². The molecule has 0 unspecified atom stereocenters. The summed E-state index contributed by atoms with van der Waals surface area (Å²) >= 11 is 0. The van der Waals surface area contributed by atoms with Crippen LogP contribution in [-0.2, 0) is 4.79 Å². The summed E-state index contributed by atoms with van der Waals surface area (Å²) in [5.74, 6) is 2.50. The number of hydrogen-bond donors (Lipinski definition) is 1. The van der Waals surface area contributed by atoms with Crippen molar-refractivity contribution >= 4 is 5.91 Å². The Morgan fingerprint density at radius 1 is 1.19 bits per heavy atom. The molecule has 138 valence electrons. The Hall–Kier alpha value is -2.64. The topological polar surface area (TPSA) is 40.5 Å². The van der Waals surface area contributed by atoms with Gasteiger partial charge in [0.05, 0.1) is 12.6 Å². The number of rotatable bonds is 4. The van der Waals surface area contributed by atoms with Gasteiger partial charge in [-0.3, -0.25) is 4.79 Å². The fourth-order valence-electron chi connectivity index (χ4n) is 4.20. The first-order chi connectivity index (χ1) is 13.2. The van der Waals surface area contributed by atoms with Crippen LogP contribution >= 0.6 is 0 Å². The molecule has 1 N–H and O–H groups in total. The maximum Gasteiger partial charge on any atom is 0.227 e. The van der Waals surface area contributed by atoms with Crippen LogP contribution < -0.4 is 0 Å². The van der Waals surface area contributed by atoms with Gasteiger partial charge >= 0.3 is 0 Å². The smallest absolute Gasteiger partial charge is 0.227 e. The van der Waals surface area contributed by atoms with Crippen LogP contribution in [0.2, 0.25) is 0 Å². The van der Waals surface area contributed by atoms with Crippen molar-refractivity contribution in [2.45, 2.75) is 37.3 Å². The van der Waals surface area contributed by atoms with E-state index in [-0.39, 0.29) is 42.3 Å². The van der Waals surface area contributed by atoms with E-state index in [0.717, 1.165) is 30.4 Å². The normalized spacial score (nSPS) is 24.6. The van der Waals surface area contributed by atoms with E-state index in [1.807, 2.05) is 24.3 Å². The lowest BCUT2D eigenvalue weighted by molar-refractivity contribution is -0.154. The molecule has 0 aromatic heterocycles. The summed E-state index contributed by atoms with van der Waals surface area (Å²) in [6.07, 6.45) is 8.63. The summed E-state index contributed by atoms with van der Waals surface area (Å²) in [7, 11) is 0. The molecule has 1 heterocycles. The zero-order valence-electron chi connectivity index (χ0n) is 15.0. The lowest BCUT2D eigenvalue weighted by Crippen LogP contribution is -2.66. The fourth-order valence-corrected chi connectivity index (χ4v) is 4.20. The molecule has 0 bridgehead atoms. The van der Waals surface area contributed by atoms with Crippen LogP contribution in [0.15, 0.2) is 48.5 Å². The van der Waals surface area contributed by atoms with Crippen molar-refractivity contribution in [3.63, 3.8) is 0 Å². The molecular formula is C23H22FNO2. The van der Waals surface area contributed by atoms with Crippen LogP contribution in [0, 0.1) is 24.1 Å². The summed E-state index contributed by atoms with van der Waals surface area (Å²) in [6, 6.07) is 13.6. The van der Waals surface area contributed by atoms with Gasteiger partial charge in [-0.05, 0) is 30.0 Å². The van der Waals surface area contributed by atoms with Crippen LogP contribution in [0.4, 0.5) is 4.39 Å². The highest BCUT2D eigenvalue weighted by molar-refractivity contribution is 5.82. The van der Waals surface area contributed by atoms with E-state index in [2.05, 4.69) is 5.92 Å². The zero-order valence-corrected chi connectivity index (χ0v) is 15.0. The minimum atomic E-state index is -0.338. The number of likely N-dealkylation sites (tertiary alicyclic amines) is 1. The SMILES string of the molecule is C#C[C@@H]1[C@H](c2ccc(-c3ccccc3F)cc2)[C@H](CO)N1C(=O)C1CCC1. The highest BCUT2D eigenvalue weighted by Crippen LogP contribution is 2.43. The van der Waals surface area contributed by atoms with E-state index in [9.17, 15) is 14.3 Å². The molecule has 2 aliphatic rings. The second-order valence-corrected chi connectivity index (χ2v) is 7.36. The second kappa shape index (κ2) is 7.17. The quantitative estimate of drug-likeness (QED) is 0.844. The number of nitrogens with zero attached hydrogens (tertiary/aromatic N) is 1. The Morgan fingerprint density at radius 2 is 1.89 bits per heavy atom. The summed E-state index contributed by atoms with van der Waals surface area (Å²) in [5, 5.41) is 9.88. The molecular weight excluding hydrogens is 341 g/mol. The van der Waals surface area contributed by atoms with E-state index in [0.29, 0.717) is 5.56 Å². The van der Waals surface area contributed by atoms with Crippen molar-refractivity contribution in [3.05, 3.63) is 59.9 Å². The van der Waals surface area contributed by atoms with Gasteiger partial charge in [0, 0.05) is 17.4 Å². The van der Waals surface area contributed by atoms with Gasteiger partial charge < -0.3 is 10.0 Å². The highest BCUT2D eigenvalue weighted by atomic mass is 19.1. The molecule has 2 aromatic carbocycles. The van der Waals surface area contributed by atoms with Gasteiger partial charge in [0.1, 0.15) is 11.9 Å². The van der Waals surface area contributed by atoms with Crippen LogP contribution in [0.3, 0.4) is 0 Å². The number of aliphatic hydroxyl groups excluding tert-OH is 1. The number of terminal acetylenes is 1. The Morgan fingerprint density at radius 3 is 2.44 bits per heavy atom. The first-order valence-corrected chi connectivity index (χ1v) is 9.39. The van der Waals surface area contributed by atoms with Gasteiger partial charge in [-0.25, -0.2) is 4.39 Å². The second-order valence-electron chi connectivity index (χ2n) is 7.36. The molecule has 4 rings (SSSR count). The largest absolute Gasteiger partial charge is 0.394 e. The molecule has 1 saturated heterocycles.